The van der Waals surface area contributed by atoms with Crippen molar-refractivity contribution in [3.05, 3.63) is 23.5 Å². The molecule has 1 aromatic rings. The zero-order valence-electron chi connectivity index (χ0n) is 15.5. The summed E-state index contributed by atoms with van der Waals surface area (Å²) in [5.41, 5.74) is 0.337. The number of carbonyl (C=O) groups is 2. The molecule has 2 heterocycles. The van der Waals surface area contributed by atoms with Crippen molar-refractivity contribution >= 4 is 12.1 Å². The summed E-state index contributed by atoms with van der Waals surface area (Å²) in [7, 11) is 1.31. The van der Waals surface area contributed by atoms with Crippen molar-refractivity contribution in [1.82, 2.24) is 9.88 Å². The molecule has 0 N–H and O–H groups in total. The number of rotatable bonds is 4. The number of amides is 1. The van der Waals surface area contributed by atoms with Crippen molar-refractivity contribution < 1.29 is 23.8 Å². The van der Waals surface area contributed by atoms with Gasteiger partial charge in [0.05, 0.1) is 13.2 Å². The van der Waals surface area contributed by atoms with Gasteiger partial charge in [0.15, 0.2) is 5.69 Å². The fourth-order valence-electron chi connectivity index (χ4n) is 2.69. The van der Waals surface area contributed by atoms with Crippen LogP contribution in [0.15, 0.2) is 12.1 Å². The van der Waals surface area contributed by atoms with Crippen LogP contribution in [0.5, 0.6) is 5.75 Å². The van der Waals surface area contributed by atoms with E-state index in [0.29, 0.717) is 24.6 Å². The van der Waals surface area contributed by atoms with Gasteiger partial charge < -0.3 is 19.1 Å². The van der Waals surface area contributed by atoms with Gasteiger partial charge in [-0.3, -0.25) is 0 Å². The second-order valence-corrected chi connectivity index (χ2v) is 7.10. The molecule has 1 aliphatic rings. The number of hydrogen-bond donors (Lipinski definition) is 0. The van der Waals surface area contributed by atoms with Crippen molar-refractivity contribution in [2.24, 2.45) is 0 Å². The van der Waals surface area contributed by atoms with Gasteiger partial charge in [0.25, 0.3) is 0 Å². The molecule has 7 nitrogen and oxygen atoms in total. The Bertz CT molecular complexity index is 639. The smallest absolute Gasteiger partial charge is 0.410 e. The van der Waals surface area contributed by atoms with Crippen LogP contribution in [0, 0.1) is 6.92 Å². The molecule has 1 fully saturated rings. The van der Waals surface area contributed by atoms with Crippen LogP contribution < -0.4 is 4.74 Å². The van der Waals surface area contributed by atoms with Crippen LogP contribution in [0.4, 0.5) is 4.79 Å². The van der Waals surface area contributed by atoms with Gasteiger partial charge in [-0.2, -0.15) is 0 Å². The Hall–Kier alpha value is -2.31. The molecule has 25 heavy (non-hydrogen) atoms. The molecule has 0 aliphatic carbocycles. The van der Waals surface area contributed by atoms with E-state index in [9.17, 15) is 9.59 Å². The van der Waals surface area contributed by atoms with E-state index in [1.54, 1.807) is 24.0 Å². The molecule has 1 amide bonds. The lowest BCUT2D eigenvalue weighted by Crippen LogP contribution is -2.42. The number of aryl methyl sites for hydroxylation is 1. The molecule has 0 spiro atoms. The van der Waals surface area contributed by atoms with E-state index in [2.05, 4.69) is 4.98 Å². The van der Waals surface area contributed by atoms with Crippen molar-refractivity contribution in [3.8, 4) is 5.75 Å². The summed E-state index contributed by atoms with van der Waals surface area (Å²) in [4.78, 5) is 29.8. The first kappa shape index (κ1) is 19.0. The minimum atomic E-state index is -0.525. The predicted octanol–water partition coefficient (Wildman–Crippen LogP) is 2.95. The Kier molecular flexibility index (Phi) is 5.87. The van der Waals surface area contributed by atoms with Crippen molar-refractivity contribution in [2.75, 3.05) is 20.3 Å². The fraction of sp³-hybridized carbons (Fsp3) is 0.611. The van der Waals surface area contributed by atoms with Gasteiger partial charge in [-0.25, -0.2) is 14.6 Å². The van der Waals surface area contributed by atoms with Crippen LogP contribution >= 0.6 is 0 Å². The summed E-state index contributed by atoms with van der Waals surface area (Å²) < 4.78 is 16.0. The average Bonchev–Trinajstić information content (AvgIpc) is 2.98. The van der Waals surface area contributed by atoms with Gasteiger partial charge in [0.1, 0.15) is 18.0 Å². The zero-order valence-corrected chi connectivity index (χ0v) is 15.5. The van der Waals surface area contributed by atoms with E-state index in [0.717, 1.165) is 12.8 Å². The maximum Gasteiger partial charge on any atom is 0.410 e. The Morgan fingerprint density at radius 3 is 2.68 bits per heavy atom. The minimum Gasteiger partial charge on any atom is -0.491 e. The summed E-state index contributed by atoms with van der Waals surface area (Å²) >= 11 is 0. The van der Waals surface area contributed by atoms with E-state index in [1.165, 1.54) is 7.11 Å². The number of likely N-dealkylation sites (tertiary alicyclic amines) is 1. The topological polar surface area (TPSA) is 78.0 Å². The third-order valence-corrected chi connectivity index (χ3v) is 3.77. The molecule has 1 atom stereocenters. The van der Waals surface area contributed by atoms with E-state index in [-0.39, 0.29) is 17.8 Å². The maximum atomic E-state index is 12.3. The fourth-order valence-corrected chi connectivity index (χ4v) is 2.69. The second kappa shape index (κ2) is 7.72. The highest BCUT2D eigenvalue weighted by Crippen LogP contribution is 2.22. The molecule has 1 aliphatic heterocycles. The molecule has 2 rings (SSSR count). The van der Waals surface area contributed by atoms with Crippen LogP contribution in [0.2, 0.25) is 0 Å². The summed E-state index contributed by atoms with van der Waals surface area (Å²) in [6.07, 6.45) is 1.45. The number of methoxy groups -OCH3 is 1. The van der Waals surface area contributed by atoms with Gasteiger partial charge in [-0.1, -0.05) is 0 Å². The van der Waals surface area contributed by atoms with Crippen molar-refractivity contribution in [1.29, 1.82) is 0 Å². The molecule has 0 saturated carbocycles. The molecule has 1 aromatic heterocycles. The number of esters is 1. The third-order valence-electron chi connectivity index (χ3n) is 3.77. The molecule has 138 valence electrons. The number of pyridine rings is 1. The first-order chi connectivity index (χ1) is 11.7. The molecule has 1 unspecified atom stereocenters. The Morgan fingerprint density at radius 2 is 2.04 bits per heavy atom. The van der Waals surface area contributed by atoms with Crippen LogP contribution in [-0.2, 0) is 9.47 Å². The van der Waals surface area contributed by atoms with Gasteiger partial charge in [0.2, 0.25) is 0 Å². The monoisotopic (exact) mass is 350 g/mol. The third kappa shape index (κ3) is 5.34. The first-order valence-electron chi connectivity index (χ1n) is 8.39. The van der Waals surface area contributed by atoms with E-state index in [4.69, 9.17) is 14.2 Å². The number of nitrogens with zero attached hydrogens (tertiary/aromatic N) is 2. The molecular weight excluding hydrogens is 324 g/mol. The van der Waals surface area contributed by atoms with E-state index in [1.807, 2.05) is 20.8 Å². The zero-order chi connectivity index (χ0) is 18.6. The van der Waals surface area contributed by atoms with Crippen LogP contribution in [-0.4, -0.2) is 53.9 Å². The van der Waals surface area contributed by atoms with Crippen molar-refractivity contribution in [3.63, 3.8) is 0 Å². The number of aromatic nitrogens is 1. The quantitative estimate of drug-likeness (QED) is 0.777. The molecule has 0 aromatic carbocycles. The highest BCUT2D eigenvalue weighted by Gasteiger charge is 2.32. The average molecular weight is 350 g/mol. The van der Waals surface area contributed by atoms with Crippen LogP contribution in [0.25, 0.3) is 0 Å². The lowest BCUT2D eigenvalue weighted by Gasteiger charge is -2.28. The van der Waals surface area contributed by atoms with Gasteiger partial charge >= 0.3 is 12.1 Å². The maximum absolute atomic E-state index is 12.3. The highest BCUT2D eigenvalue weighted by molar-refractivity contribution is 5.87. The summed E-state index contributed by atoms with van der Waals surface area (Å²) in [6.45, 7) is 8.32. The number of ether oxygens (including phenoxy) is 3. The van der Waals surface area contributed by atoms with E-state index < -0.39 is 11.6 Å². The number of carbonyl (C=O) groups excluding carboxylic acids is 2. The summed E-state index contributed by atoms with van der Waals surface area (Å²) in [5, 5.41) is 0. The molecule has 1 saturated heterocycles. The largest absolute Gasteiger partial charge is 0.491 e. The lowest BCUT2D eigenvalue weighted by molar-refractivity contribution is 0.0187. The van der Waals surface area contributed by atoms with Crippen LogP contribution in [0.1, 0.15) is 49.8 Å². The molecule has 0 bridgehead atoms. The molecule has 0 radical (unpaired) electrons. The molecule has 7 heteroatoms. The van der Waals surface area contributed by atoms with Gasteiger partial charge in [-0.15, -0.1) is 0 Å². The Morgan fingerprint density at radius 1 is 1.32 bits per heavy atom. The Balaban J connectivity index is 2.01. The van der Waals surface area contributed by atoms with Gasteiger partial charge in [-0.05, 0) is 40.5 Å². The standard InChI is InChI=1S/C18H26N2O5/c1-12-9-14(10-15(19-12)16(21)23-5)24-11-13-7-6-8-20(13)17(22)25-18(2,3)4/h9-10,13H,6-8,11H2,1-5H3. The van der Waals surface area contributed by atoms with Crippen LogP contribution in [0.3, 0.4) is 0 Å². The van der Waals surface area contributed by atoms with Gasteiger partial charge in [0, 0.05) is 24.4 Å². The summed E-state index contributed by atoms with van der Waals surface area (Å²) in [6, 6.07) is 3.25. The molecular formula is C18H26N2O5. The lowest BCUT2D eigenvalue weighted by atomic mass is 10.2. The normalized spacial score (nSPS) is 17.3. The highest BCUT2D eigenvalue weighted by atomic mass is 16.6. The minimum absolute atomic E-state index is 0.0510. The predicted molar refractivity (Wildman–Crippen MR) is 91.8 cm³/mol. The number of hydrogen-bond acceptors (Lipinski definition) is 6. The van der Waals surface area contributed by atoms with E-state index >= 15 is 0 Å². The first-order valence-corrected chi connectivity index (χ1v) is 8.39. The second-order valence-electron chi connectivity index (χ2n) is 7.10. The summed E-state index contributed by atoms with van der Waals surface area (Å²) in [5.74, 6) is 0.0220. The van der Waals surface area contributed by atoms with Crippen molar-refractivity contribution in [2.45, 2.75) is 52.2 Å². The Labute approximate surface area is 148 Å². The SMILES string of the molecule is COC(=O)c1cc(OCC2CCCN2C(=O)OC(C)(C)C)cc(C)n1.